The summed E-state index contributed by atoms with van der Waals surface area (Å²) < 4.78 is 5.09. The third-order valence-electron chi connectivity index (χ3n) is 3.61. The third-order valence-corrected chi connectivity index (χ3v) is 3.61. The molecule has 2 aromatic carbocycles. The van der Waals surface area contributed by atoms with E-state index in [1.807, 2.05) is 30.3 Å². The van der Waals surface area contributed by atoms with Crippen LogP contribution in [0.3, 0.4) is 0 Å². The van der Waals surface area contributed by atoms with Gasteiger partial charge in [-0.1, -0.05) is 24.3 Å². The van der Waals surface area contributed by atoms with Gasteiger partial charge in [0, 0.05) is 18.2 Å². The molecular formula is C17H15NO3. The van der Waals surface area contributed by atoms with Crippen molar-refractivity contribution in [2.24, 2.45) is 0 Å². The number of hydrogen-bond acceptors (Lipinski definition) is 3. The smallest absolute Gasteiger partial charge is 0.258 e. The van der Waals surface area contributed by atoms with Crippen LogP contribution in [-0.4, -0.2) is 25.2 Å². The van der Waals surface area contributed by atoms with Gasteiger partial charge in [-0.2, -0.15) is 0 Å². The Morgan fingerprint density at radius 3 is 2.71 bits per heavy atom. The van der Waals surface area contributed by atoms with Crippen LogP contribution in [0.15, 0.2) is 42.5 Å². The summed E-state index contributed by atoms with van der Waals surface area (Å²) in [5.41, 5.74) is 3.26. The van der Waals surface area contributed by atoms with Crippen molar-refractivity contribution in [2.45, 2.75) is 0 Å². The minimum absolute atomic E-state index is 0.0387. The van der Waals surface area contributed by atoms with Crippen LogP contribution in [0.5, 0.6) is 11.5 Å². The van der Waals surface area contributed by atoms with E-state index in [4.69, 9.17) is 4.74 Å². The van der Waals surface area contributed by atoms with Crippen LogP contribution in [0.25, 0.3) is 11.6 Å². The van der Waals surface area contributed by atoms with Crippen molar-refractivity contribution < 1.29 is 14.6 Å². The van der Waals surface area contributed by atoms with Crippen molar-refractivity contribution in [1.82, 2.24) is 0 Å². The minimum atomic E-state index is -0.0387. The Bertz CT molecular complexity index is 749. The number of aromatic hydroxyl groups is 1. The molecule has 2 aromatic rings. The number of carbonyl (C=O) groups excluding carboxylic acids is 1. The number of rotatable bonds is 2. The van der Waals surface area contributed by atoms with Gasteiger partial charge in [0.1, 0.15) is 0 Å². The number of phenolic OH excluding ortho intramolecular Hbond substituents is 1. The number of benzene rings is 2. The van der Waals surface area contributed by atoms with Gasteiger partial charge in [-0.3, -0.25) is 4.79 Å². The van der Waals surface area contributed by atoms with Gasteiger partial charge in [0.2, 0.25) is 0 Å². The highest BCUT2D eigenvalue weighted by Gasteiger charge is 2.28. The number of methoxy groups -OCH3 is 1. The van der Waals surface area contributed by atoms with Crippen LogP contribution in [0, 0.1) is 0 Å². The lowest BCUT2D eigenvalue weighted by Gasteiger charge is -2.08. The first-order chi connectivity index (χ1) is 10.1. The molecule has 0 aromatic heterocycles. The number of anilines is 1. The zero-order valence-electron chi connectivity index (χ0n) is 11.8. The molecule has 106 valence electrons. The van der Waals surface area contributed by atoms with Gasteiger partial charge in [-0.05, 0) is 29.8 Å². The van der Waals surface area contributed by atoms with Crippen LogP contribution in [0.1, 0.15) is 11.1 Å². The molecule has 0 radical (unpaired) electrons. The Balaban J connectivity index is 2.10. The lowest BCUT2D eigenvalue weighted by molar-refractivity contribution is -0.112. The first-order valence-corrected chi connectivity index (χ1v) is 6.58. The van der Waals surface area contributed by atoms with Gasteiger partial charge >= 0.3 is 0 Å². The molecule has 0 bridgehead atoms. The molecule has 0 fully saturated rings. The van der Waals surface area contributed by atoms with Crippen molar-refractivity contribution >= 4 is 23.2 Å². The average Bonchev–Trinajstić information content (AvgIpc) is 2.74. The average molecular weight is 281 g/mol. The Kier molecular flexibility index (Phi) is 3.14. The first-order valence-electron chi connectivity index (χ1n) is 6.58. The molecule has 0 atom stereocenters. The van der Waals surface area contributed by atoms with Crippen molar-refractivity contribution in [2.75, 3.05) is 19.1 Å². The molecule has 1 aliphatic heterocycles. The fourth-order valence-corrected chi connectivity index (χ4v) is 2.49. The summed E-state index contributed by atoms with van der Waals surface area (Å²) in [6, 6.07) is 12.7. The maximum atomic E-state index is 12.4. The van der Waals surface area contributed by atoms with E-state index < -0.39 is 0 Å². The third kappa shape index (κ3) is 2.14. The van der Waals surface area contributed by atoms with E-state index in [9.17, 15) is 9.90 Å². The Labute approximate surface area is 122 Å². The maximum absolute atomic E-state index is 12.4. The van der Waals surface area contributed by atoms with E-state index in [0.717, 1.165) is 16.8 Å². The second-order valence-electron chi connectivity index (χ2n) is 4.87. The van der Waals surface area contributed by atoms with E-state index >= 15 is 0 Å². The molecule has 4 nitrogen and oxygen atoms in total. The summed E-state index contributed by atoms with van der Waals surface area (Å²) in [7, 11) is 3.26. The molecule has 0 saturated carbocycles. The SMILES string of the molecule is COc1cc(/C=C2/C(=O)N(C)c3ccccc32)ccc1O. The monoisotopic (exact) mass is 281 g/mol. The predicted octanol–water partition coefficient (Wildman–Crippen LogP) is 2.92. The Morgan fingerprint density at radius 1 is 1.19 bits per heavy atom. The Morgan fingerprint density at radius 2 is 1.95 bits per heavy atom. The van der Waals surface area contributed by atoms with Gasteiger partial charge in [0.05, 0.1) is 12.8 Å². The molecule has 1 aliphatic rings. The van der Waals surface area contributed by atoms with E-state index in [0.29, 0.717) is 11.3 Å². The van der Waals surface area contributed by atoms with Crippen molar-refractivity contribution in [3.05, 3.63) is 53.6 Å². The second kappa shape index (κ2) is 4.98. The highest BCUT2D eigenvalue weighted by atomic mass is 16.5. The molecule has 1 N–H and O–H groups in total. The number of fused-ring (bicyclic) bond motifs is 1. The molecule has 0 unspecified atom stereocenters. The molecular weight excluding hydrogens is 266 g/mol. The van der Waals surface area contributed by atoms with Crippen molar-refractivity contribution in [1.29, 1.82) is 0 Å². The highest BCUT2D eigenvalue weighted by Crippen LogP contribution is 2.37. The van der Waals surface area contributed by atoms with Gasteiger partial charge in [-0.15, -0.1) is 0 Å². The largest absolute Gasteiger partial charge is 0.504 e. The van der Waals surface area contributed by atoms with Crippen LogP contribution >= 0.6 is 0 Å². The molecule has 0 aliphatic carbocycles. The topological polar surface area (TPSA) is 49.8 Å². The number of phenols is 1. The van der Waals surface area contributed by atoms with Gasteiger partial charge in [0.25, 0.3) is 5.91 Å². The zero-order chi connectivity index (χ0) is 15.0. The second-order valence-corrected chi connectivity index (χ2v) is 4.87. The number of ether oxygens (including phenoxy) is 1. The molecule has 0 saturated heterocycles. The summed E-state index contributed by atoms with van der Waals surface area (Å²) in [6.45, 7) is 0. The number of amides is 1. The minimum Gasteiger partial charge on any atom is -0.504 e. The zero-order valence-corrected chi connectivity index (χ0v) is 11.8. The quantitative estimate of drug-likeness (QED) is 0.861. The number of likely N-dealkylation sites (N-methyl/N-ethyl adjacent to an activating group) is 1. The first kappa shape index (κ1) is 13.2. The van der Waals surface area contributed by atoms with E-state index in [-0.39, 0.29) is 11.7 Å². The van der Waals surface area contributed by atoms with Gasteiger partial charge < -0.3 is 14.7 Å². The summed E-state index contributed by atoms with van der Waals surface area (Å²) in [5.74, 6) is 0.426. The van der Waals surface area contributed by atoms with Crippen LogP contribution in [-0.2, 0) is 4.79 Å². The molecule has 0 spiro atoms. The van der Waals surface area contributed by atoms with E-state index in [1.165, 1.54) is 7.11 Å². The van der Waals surface area contributed by atoms with Crippen LogP contribution in [0.2, 0.25) is 0 Å². The van der Waals surface area contributed by atoms with Gasteiger partial charge in [-0.25, -0.2) is 0 Å². The predicted molar refractivity (Wildman–Crippen MR) is 82.4 cm³/mol. The molecule has 3 rings (SSSR count). The molecule has 4 heteroatoms. The maximum Gasteiger partial charge on any atom is 0.258 e. The number of hydrogen-bond donors (Lipinski definition) is 1. The van der Waals surface area contributed by atoms with Gasteiger partial charge in [0.15, 0.2) is 11.5 Å². The number of carbonyl (C=O) groups is 1. The van der Waals surface area contributed by atoms with Crippen molar-refractivity contribution in [3.8, 4) is 11.5 Å². The van der Waals surface area contributed by atoms with E-state index in [1.54, 1.807) is 30.1 Å². The number of para-hydroxylation sites is 1. The Hall–Kier alpha value is -2.75. The van der Waals surface area contributed by atoms with E-state index in [2.05, 4.69) is 0 Å². The summed E-state index contributed by atoms with van der Waals surface area (Å²) >= 11 is 0. The summed E-state index contributed by atoms with van der Waals surface area (Å²) in [4.78, 5) is 14.0. The normalized spacial score (nSPS) is 15.4. The lowest BCUT2D eigenvalue weighted by Crippen LogP contribution is -2.20. The standard InChI is InChI=1S/C17H15NO3/c1-18-14-6-4-3-5-12(14)13(17(18)20)9-11-7-8-15(19)16(10-11)21-2/h3-10,19H,1-2H3/b13-9+. The summed E-state index contributed by atoms with van der Waals surface area (Å²) in [6.07, 6.45) is 1.81. The molecule has 21 heavy (non-hydrogen) atoms. The van der Waals surface area contributed by atoms with Crippen molar-refractivity contribution in [3.63, 3.8) is 0 Å². The highest BCUT2D eigenvalue weighted by molar-refractivity contribution is 6.35. The van der Waals surface area contributed by atoms with Crippen LogP contribution in [0.4, 0.5) is 5.69 Å². The molecule has 1 amide bonds. The fraction of sp³-hybridized carbons (Fsp3) is 0.118. The number of nitrogens with zero attached hydrogens (tertiary/aromatic N) is 1. The summed E-state index contributed by atoms with van der Waals surface area (Å²) in [5, 5.41) is 9.63. The lowest BCUT2D eigenvalue weighted by atomic mass is 10.0. The molecule has 1 heterocycles. The van der Waals surface area contributed by atoms with Crippen LogP contribution < -0.4 is 9.64 Å². The fourth-order valence-electron chi connectivity index (χ4n) is 2.49.